The summed E-state index contributed by atoms with van der Waals surface area (Å²) in [6.45, 7) is 6.56. The van der Waals surface area contributed by atoms with E-state index in [1.165, 1.54) is 186 Å². The van der Waals surface area contributed by atoms with Gasteiger partial charge in [-0.2, -0.15) is 0 Å². The van der Waals surface area contributed by atoms with Gasteiger partial charge in [-0.25, -0.2) is 0 Å². The number of carbonyl (C=O) groups excluding carboxylic acids is 3. The van der Waals surface area contributed by atoms with Gasteiger partial charge in [-0.15, -0.1) is 0 Å². The SMILES string of the molecule is CC/C=C\C/C=C\C/C=C\C/C=C\C/C=C\C/C=C\CCCCCCC(=O)OCC(COC(=O)CCCCCCCCCCCCCCCCCC)OC(=O)CCCCCCCCCCCCCCCCCCCCC. The molecule has 0 bridgehead atoms. The lowest BCUT2D eigenvalue weighted by molar-refractivity contribution is -0.167. The van der Waals surface area contributed by atoms with Crippen LogP contribution in [0.5, 0.6) is 0 Å². The molecule has 0 heterocycles. The second-order valence-electron chi connectivity index (χ2n) is 22.0. The van der Waals surface area contributed by atoms with Crippen LogP contribution in [0.4, 0.5) is 0 Å². The van der Waals surface area contributed by atoms with Crippen molar-refractivity contribution in [2.24, 2.45) is 0 Å². The van der Waals surface area contributed by atoms with Gasteiger partial charge in [0.25, 0.3) is 0 Å². The molecule has 440 valence electrons. The Kier molecular flexibility index (Phi) is 61.7. The summed E-state index contributed by atoms with van der Waals surface area (Å²) in [6, 6.07) is 0. The van der Waals surface area contributed by atoms with Crippen molar-refractivity contribution in [3.8, 4) is 0 Å². The fraction of sp³-hybridized carbons (Fsp3) is 0.786. The molecular formula is C70H124O6. The lowest BCUT2D eigenvalue weighted by atomic mass is 10.0. The molecule has 0 amide bonds. The molecule has 0 fully saturated rings. The number of allylic oxidation sites excluding steroid dienone is 12. The summed E-state index contributed by atoms with van der Waals surface area (Å²) in [5.74, 6) is -0.884. The monoisotopic (exact) mass is 1060 g/mol. The van der Waals surface area contributed by atoms with E-state index in [4.69, 9.17) is 14.2 Å². The van der Waals surface area contributed by atoms with Crippen molar-refractivity contribution >= 4 is 17.9 Å². The zero-order valence-electron chi connectivity index (χ0n) is 50.5. The molecule has 0 N–H and O–H groups in total. The van der Waals surface area contributed by atoms with E-state index in [1.54, 1.807) is 0 Å². The topological polar surface area (TPSA) is 78.9 Å². The Labute approximate surface area is 472 Å². The van der Waals surface area contributed by atoms with Crippen LogP contribution in [0.25, 0.3) is 0 Å². The lowest BCUT2D eigenvalue weighted by Crippen LogP contribution is -2.30. The second-order valence-corrected chi connectivity index (χ2v) is 22.0. The summed E-state index contributed by atoms with van der Waals surface area (Å²) in [4.78, 5) is 38.4. The van der Waals surface area contributed by atoms with Gasteiger partial charge >= 0.3 is 17.9 Å². The number of unbranched alkanes of at least 4 members (excludes halogenated alkanes) is 37. The average molecular weight is 1060 g/mol. The lowest BCUT2D eigenvalue weighted by Gasteiger charge is -2.18. The highest BCUT2D eigenvalue weighted by atomic mass is 16.6. The van der Waals surface area contributed by atoms with Gasteiger partial charge in [0.1, 0.15) is 13.2 Å². The van der Waals surface area contributed by atoms with Crippen molar-refractivity contribution in [1.29, 1.82) is 0 Å². The standard InChI is InChI=1S/C70H124O6/c1-4-7-10-13-16-19-22-25-28-31-33-34-35-36-38-39-42-45-48-51-54-57-60-63-69(72)75-66-67(65-74-68(71)62-59-56-53-50-47-44-41-30-27-24-21-18-15-12-9-6-3)76-70(73)64-61-58-55-52-49-46-43-40-37-32-29-26-23-20-17-14-11-8-5-2/h7,10,16,19,25,28,33-34,36,38,42,45,67H,4-6,8-9,11-15,17-18,20-24,26-27,29-32,35,37,39-41,43-44,46-66H2,1-3H3/b10-7-,19-16-,28-25-,34-33-,38-36-,45-42-. The molecule has 0 saturated heterocycles. The Morgan fingerprint density at radius 3 is 0.803 bits per heavy atom. The van der Waals surface area contributed by atoms with Crippen LogP contribution in [0.1, 0.15) is 335 Å². The summed E-state index contributed by atoms with van der Waals surface area (Å²) in [5.41, 5.74) is 0. The fourth-order valence-electron chi connectivity index (χ4n) is 9.57. The van der Waals surface area contributed by atoms with Crippen molar-refractivity contribution in [3.05, 3.63) is 72.9 Å². The van der Waals surface area contributed by atoms with Crippen LogP contribution in [0.15, 0.2) is 72.9 Å². The molecule has 76 heavy (non-hydrogen) atoms. The molecule has 6 nitrogen and oxygen atoms in total. The minimum absolute atomic E-state index is 0.0789. The number of esters is 3. The van der Waals surface area contributed by atoms with Crippen molar-refractivity contribution in [1.82, 2.24) is 0 Å². The minimum atomic E-state index is -0.784. The van der Waals surface area contributed by atoms with E-state index in [0.29, 0.717) is 19.3 Å². The molecule has 0 aliphatic rings. The molecule has 1 unspecified atom stereocenters. The van der Waals surface area contributed by atoms with Gasteiger partial charge in [0.15, 0.2) is 6.10 Å². The highest BCUT2D eigenvalue weighted by Gasteiger charge is 2.19. The third kappa shape index (κ3) is 61.7. The van der Waals surface area contributed by atoms with Gasteiger partial charge in [-0.3, -0.25) is 14.4 Å². The number of rotatable bonds is 60. The van der Waals surface area contributed by atoms with E-state index in [9.17, 15) is 14.4 Å². The Morgan fingerprint density at radius 1 is 0.276 bits per heavy atom. The molecule has 0 rings (SSSR count). The number of ether oxygens (including phenoxy) is 3. The molecule has 0 aliphatic carbocycles. The van der Waals surface area contributed by atoms with E-state index >= 15 is 0 Å². The van der Waals surface area contributed by atoms with Gasteiger partial charge in [0, 0.05) is 19.3 Å². The van der Waals surface area contributed by atoms with Crippen LogP contribution < -0.4 is 0 Å². The second kappa shape index (κ2) is 64.4. The zero-order chi connectivity index (χ0) is 55.0. The first kappa shape index (κ1) is 72.8. The van der Waals surface area contributed by atoms with Gasteiger partial charge in [0.05, 0.1) is 0 Å². The minimum Gasteiger partial charge on any atom is -0.462 e. The average Bonchev–Trinajstić information content (AvgIpc) is 3.42. The fourth-order valence-corrected chi connectivity index (χ4v) is 9.57. The first-order valence-corrected chi connectivity index (χ1v) is 32.9. The van der Waals surface area contributed by atoms with Gasteiger partial charge in [-0.1, -0.05) is 318 Å². The van der Waals surface area contributed by atoms with Crippen LogP contribution in [0.3, 0.4) is 0 Å². The van der Waals surface area contributed by atoms with Crippen molar-refractivity contribution in [3.63, 3.8) is 0 Å². The van der Waals surface area contributed by atoms with Gasteiger partial charge in [-0.05, 0) is 70.6 Å². The van der Waals surface area contributed by atoms with Crippen molar-refractivity contribution < 1.29 is 28.6 Å². The third-order valence-electron chi connectivity index (χ3n) is 14.5. The summed E-state index contributed by atoms with van der Waals surface area (Å²) in [7, 11) is 0. The Hall–Kier alpha value is -3.15. The third-order valence-corrected chi connectivity index (χ3v) is 14.5. The maximum Gasteiger partial charge on any atom is 0.306 e. The normalized spacial score (nSPS) is 12.5. The van der Waals surface area contributed by atoms with Crippen LogP contribution in [-0.4, -0.2) is 37.2 Å². The molecule has 6 heteroatoms. The summed E-state index contributed by atoms with van der Waals surface area (Å²) in [5, 5.41) is 0. The predicted molar refractivity (Wildman–Crippen MR) is 330 cm³/mol. The maximum atomic E-state index is 12.9. The predicted octanol–water partition coefficient (Wildman–Crippen LogP) is 22.5. The van der Waals surface area contributed by atoms with E-state index < -0.39 is 6.10 Å². The Morgan fingerprint density at radius 2 is 0.513 bits per heavy atom. The molecule has 0 aromatic rings. The number of hydrogen-bond acceptors (Lipinski definition) is 6. The maximum absolute atomic E-state index is 12.9. The van der Waals surface area contributed by atoms with Gasteiger partial charge < -0.3 is 14.2 Å². The Balaban J connectivity index is 4.39. The molecule has 0 spiro atoms. The molecule has 0 aromatic heterocycles. The highest BCUT2D eigenvalue weighted by Crippen LogP contribution is 2.17. The number of hydrogen-bond donors (Lipinski definition) is 0. The first-order valence-electron chi connectivity index (χ1n) is 32.9. The smallest absolute Gasteiger partial charge is 0.306 e. The first-order chi connectivity index (χ1) is 37.5. The quantitative estimate of drug-likeness (QED) is 0.0261. The van der Waals surface area contributed by atoms with Crippen LogP contribution in [0, 0.1) is 0 Å². The van der Waals surface area contributed by atoms with Crippen LogP contribution in [-0.2, 0) is 28.6 Å². The van der Waals surface area contributed by atoms with Crippen LogP contribution in [0.2, 0.25) is 0 Å². The summed E-state index contributed by atoms with van der Waals surface area (Å²) in [6.07, 6.45) is 83.3. The molecule has 0 aliphatic heterocycles. The summed E-state index contributed by atoms with van der Waals surface area (Å²) >= 11 is 0. The van der Waals surface area contributed by atoms with Gasteiger partial charge in [0.2, 0.25) is 0 Å². The molecule has 1 atom stereocenters. The van der Waals surface area contributed by atoms with E-state index in [2.05, 4.69) is 93.7 Å². The largest absolute Gasteiger partial charge is 0.462 e. The molecular weight excluding hydrogens is 937 g/mol. The summed E-state index contributed by atoms with van der Waals surface area (Å²) < 4.78 is 17.0. The van der Waals surface area contributed by atoms with E-state index in [0.717, 1.165) is 109 Å². The molecule has 0 radical (unpaired) electrons. The molecule has 0 aromatic carbocycles. The van der Waals surface area contributed by atoms with Crippen molar-refractivity contribution in [2.45, 2.75) is 341 Å². The van der Waals surface area contributed by atoms with Crippen molar-refractivity contribution in [2.75, 3.05) is 13.2 Å². The highest BCUT2D eigenvalue weighted by molar-refractivity contribution is 5.71. The Bertz CT molecular complexity index is 1400. The molecule has 0 saturated carbocycles. The van der Waals surface area contributed by atoms with Crippen LogP contribution >= 0.6 is 0 Å². The zero-order valence-corrected chi connectivity index (χ0v) is 50.5. The van der Waals surface area contributed by atoms with E-state index in [-0.39, 0.29) is 31.1 Å². The number of carbonyl (C=O) groups is 3. The van der Waals surface area contributed by atoms with E-state index in [1.807, 2.05) is 0 Å².